The van der Waals surface area contributed by atoms with E-state index in [4.69, 9.17) is 0 Å². The number of fused-ring (bicyclic) bond motifs is 14. The molecule has 0 saturated carbocycles. The number of rotatable bonds is 2. The van der Waals surface area contributed by atoms with Crippen LogP contribution < -0.4 is 0 Å². The molecule has 0 atom stereocenters. The van der Waals surface area contributed by atoms with Gasteiger partial charge in [-0.25, -0.2) is 0 Å². The van der Waals surface area contributed by atoms with Crippen molar-refractivity contribution in [1.29, 1.82) is 0 Å². The second-order valence-corrected chi connectivity index (χ2v) is 30.6. The van der Waals surface area contributed by atoms with E-state index in [0.717, 1.165) is 43.8 Å². The minimum absolute atomic E-state index is 0.0239. The second kappa shape index (κ2) is 16.4. The molecule has 2 aliphatic rings. The molecule has 1 spiro atoms. The van der Waals surface area contributed by atoms with Crippen LogP contribution in [0.1, 0.15) is 44.5 Å². The molecule has 10 aromatic rings. The molecule has 0 aliphatic carbocycles. The summed E-state index contributed by atoms with van der Waals surface area (Å²) in [5, 5.41) is 1.45. The molecule has 0 unspecified atom stereocenters. The number of benzene rings is 10. The summed E-state index contributed by atoms with van der Waals surface area (Å²) >= 11 is 4.56. The molecular formula is C60H36BrF12P. The van der Waals surface area contributed by atoms with E-state index in [-0.39, 0.29) is 59.0 Å². The Balaban J connectivity index is 1.29. The van der Waals surface area contributed by atoms with Crippen LogP contribution in [0.2, 0.25) is 0 Å². The van der Waals surface area contributed by atoms with Crippen LogP contribution in [0.3, 0.4) is 0 Å². The van der Waals surface area contributed by atoms with Crippen molar-refractivity contribution in [3.8, 4) is 44.5 Å². The normalized spacial score (nSPS) is 16.0. The molecule has 0 aromatic heterocycles. The Morgan fingerprint density at radius 1 is 0.311 bits per heavy atom. The van der Waals surface area contributed by atoms with E-state index in [0.29, 0.717) is 68.1 Å². The molecule has 0 nitrogen and oxygen atoms in total. The third-order valence-electron chi connectivity index (χ3n) is 14.9. The van der Waals surface area contributed by atoms with Gasteiger partial charge in [0.2, 0.25) is 0 Å². The van der Waals surface area contributed by atoms with Gasteiger partial charge in [0, 0.05) is 0 Å². The summed E-state index contributed by atoms with van der Waals surface area (Å²) < 4.78 is 179. The van der Waals surface area contributed by atoms with Crippen molar-refractivity contribution in [2.45, 2.75) is 49.4 Å². The van der Waals surface area contributed by atoms with Gasteiger partial charge in [-0.05, 0) is 0 Å². The fourth-order valence-electron chi connectivity index (χ4n) is 11.9. The Bertz CT molecular complexity index is 3690. The van der Waals surface area contributed by atoms with Crippen LogP contribution in [0.5, 0.6) is 0 Å². The molecule has 0 amide bonds. The quantitative estimate of drug-likeness (QED) is 0.120. The van der Waals surface area contributed by atoms with Crippen molar-refractivity contribution >= 4 is 63.9 Å². The zero-order valence-corrected chi connectivity index (χ0v) is 40.8. The van der Waals surface area contributed by atoms with Gasteiger partial charge in [-0.1, -0.05) is 0 Å². The van der Waals surface area contributed by atoms with Crippen molar-refractivity contribution in [2.24, 2.45) is 0 Å². The topological polar surface area (TPSA) is 0 Å². The van der Waals surface area contributed by atoms with E-state index in [1.54, 1.807) is 60.7 Å². The van der Waals surface area contributed by atoms with Crippen LogP contribution in [0.4, 0.5) is 52.7 Å². The van der Waals surface area contributed by atoms with Crippen LogP contribution >= 0.6 is 20.8 Å². The average Bonchev–Trinajstić information content (AvgIpc) is 3.56. The molecular weight excluding hydrogens is 1060 g/mol. The van der Waals surface area contributed by atoms with E-state index in [2.05, 4.69) is 15.5 Å². The van der Waals surface area contributed by atoms with E-state index < -0.39 is 52.3 Å². The Morgan fingerprint density at radius 3 is 0.932 bits per heavy atom. The van der Waals surface area contributed by atoms with Gasteiger partial charge in [-0.2, -0.15) is 0 Å². The van der Waals surface area contributed by atoms with Crippen LogP contribution in [0, 0.1) is 0 Å². The van der Waals surface area contributed by atoms with Crippen molar-refractivity contribution in [3.05, 3.63) is 214 Å². The van der Waals surface area contributed by atoms with Crippen molar-refractivity contribution in [2.75, 3.05) is 0 Å². The summed E-state index contributed by atoms with van der Waals surface area (Å²) in [5.41, 5.74) is -1.54. The molecule has 2 aliphatic heterocycles. The molecule has 2 heterocycles. The van der Waals surface area contributed by atoms with Gasteiger partial charge >= 0.3 is 425 Å². The molecule has 10 aromatic carbocycles. The molecule has 0 fully saturated rings. The first-order valence-corrected chi connectivity index (χ1v) is 28.4. The molecule has 0 radical (unpaired) electrons. The van der Waals surface area contributed by atoms with Crippen LogP contribution in [-0.4, -0.2) is 0 Å². The van der Waals surface area contributed by atoms with E-state index >= 15 is 0 Å². The third-order valence-corrected chi connectivity index (χ3v) is 22.4. The predicted octanol–water partition coefficient (Wildman–Crippen LogP) is 20.6. The molecule has 12 rings (SSSR count). The van der Waals surface area contributed by atoms with Crippen molar-refractivity contribution in [1.82, 2.24) is 0 Å². The summed E-state index contributed by atoms with van der Waals surface area (Å²) in [6, 6.07) is 43.7. The predicted molar refractivity (Wildman–Crippen MR) is 275 cm³/mol. The second-order valence-electron chi connectivity index (χ2n) is 19.7. The average molecular weight is 1100 g/mol. The van der Waals surface area contributed by atoms with E-state index in [9.17, 15) is 52.7 Å². The maximum atomic E-state index is 14.9. The van der Waals surface area contributed by atoms with Crippen molar-refractivity contribution < 1.29 is 52.7 Å². The number of alkyl halides is 12. The van der Waals surface area contributed by atoms with Crippen molar-refractivity contribution in [3.63, 3.8) is 0 Å². The van der Waals surface area contributed by atoms with Gasteiger partial charge in [0.15, 0.2) is 0 Å². The zero-order chi connectivity index (χ0) is 51.9. The maximum absolute atomic E-state index is 14.9. The molecule has 14 heteroatoms. The van der Waals surface area contributed by atoms with Gasteiger partial charge in [0.05, 0.1) is 0 Å². The number of hydrogen-bond donors (Lipinski definition) is 0. The fraction of sp³-hybridized carbons (Fsp3) is 0.133. The number of hydrogen-bond acceptors (Lipinski definition) is 0. The van der Waals surface area contributed by atoms with Gasteiger partial charge in [-0.3, -0.25) is 0 Å². The Hall–Kier alpha value is -6.69. The fourth-order valence-corrected chi connectivity index (χ4v) is 20.1. The molecule has 74 heavy (non-hydrogen) atoms. The molecule has 0 N–H and O–H groups in total. The van der Waals surface area contributed by atoms with Gasteiger partial charge in [0.25, 0.3) is 0 Å². The zero-order valence-electron chi connectivity index (χ0n) is 38.4. The summed E-state index contributed by atoms with van der Waals surface area (Å²) in [6.07, 6.45) is -20.3. The molecule has 372 valence electrons. The minimum atomic E-state index is -5.20. The first-order valence-electron chi connectivity index (χ1n) is 23.4. The third kappa shape index (κ3) is 8.04. The molecule has 0 saturated heterocycles. The monoisotopic (exact) mass is 1090 g/mol. The first-order chi connectivity index (χ1) is 34.9. The van der Waals surface area contributed by atoms with Gasteiger partial charge in [-0.15, -0.1) is 0 Å². The Kier molecular flexibility index (Phi) is 10.7. The van der Waals surface area contributed by atoms with Crippen LogP contribution in [0.25, 0.3) is 87.6 Å². The standard InChI is InChI=1S/C60H36BrF12P/c61-74(29-37-19-17-33-9-1-5-13-45(33)53(37)54-38(30-74)20-18-34-10-2-6-14-46(34)54)31-51-49(39-21-41(57(62,63)64)27-42(22-39)58(65,66)67)25-35-11-3-7-15-47(35)55(51)56-48-16-8-4-12-36(48)26-50(52(56)32-74)40-23-43(59(68,69)70)28-44(24-40)60(71,72)73/h1-28H,29-32H2. The summed E-state index contributed by atoms with van der Waals surface area (Å²) in [5.74, 6) is 0. The van der Waals surface area contributed by atoms with Crippen LogP contribution in [0.15, 0.2) is 170 Å². The van der Waals surface area contributed by atoms with E-state index in [1.165, 1.54) is 0 Å². The summed E-state index contributed by atoms with van der Waals surface area (Å²) in [6.45, 7) is 0. The van der Waals surface area contributed by atoms with Crippen LogP contribution in [-0.2, 0) is 49.4 Å². The van der Waals surface area contributed by atoms with Gasteiger partial charge < -0.3 is 0 Å². The Labute approximate surface area is 422 Å². The molecule has 0 bridgehead atoms. The Morgan fingerprint density at radius 2 is 0.608 bits per heavy atom. The number of halogens is 13. The van der Waals surface area contributed by atoms with Gasteiger partial charge in [0.1, 0.15) is 0 Å². The summed E-state index contributed by atoms with van der Waals surface area (Å²) in [4.78, 5) is 0. The first kappa shape index (κ1) is 48.3. The SMILES string of the molecule is FC(F)(F)c1cc(-c2cc3ccccc3c3c2CP2(Br)(Cc4ccc5ccccc5c4-c4c(ccc5ccccc45)C2)Cc2c(-c4cc(C(F)(F)F)cc(C(F)(F)F)c4)cc4ccccc4c2-3)cc(C(F)(F)F)c1. The summed E-state index contributed by atoms with van der Waals surface area (Å²) in [7, 11) is 0. The van der Waals surface area contributed by atoms with E-state index in [1.807, 2.05) is 72.8 Å².